The summed E-state index contributed by atoms with van der Waals surface area (Å²) in [6.07, 6.45) is 0.728. The molecule has 29 heavy (non-hydrogen) atoms. The van der Waals surface area contributed by atoms with Gasteiger partial charge in [0.2, 0.25) is 0 Å². The number of nitrogens with one attached hydrogen (secondary N) is 1. The monoisotopic (exact) mass is 430 g/mol. The van der Waals surface area contributed by atoms with Crippen LogP contribution in [0.5, 0.6) is 0 Å². The van der Waals surface area contributed by atoms with E-state index >= 15 is 0 Å². The molecule has 0 bridgehead atoms. The van der Waals surface area contributed by atoms with Gasteiger partial charge in [0.1, 0.15) is 11.6 Å². The van der Waals surface area contributed by atoms with Gasteiger partial charge in [0.05, 0.1) is 12.3 Å². The van der Waals surface area contributed by atoms with E-state index in [0.717, 1.165) is 12.5 Å². The van der Waals surface area contributed by atoms with Crippen LogP contribution in [-0.4, -0.2) is 75.0 Å². The number of hydrogen-bond acceptors (Lipinski definition) is 4. The zero-order valence-corrected chi connectivity index (χ0v) is 18.3. The third-order valence-corrected chi connectivity index (χ3v) is 6.89. The highest BCUT2D eigenvalue weighted by molar-refractivity contribution is 7.91. The van der Waals surface area contributed by atoms with Crippen molar-refractivity contribution in [1.29, 1.82) is 0 Å². The summed E-state index contributed by atoms with van der Waals surface area (Å²) in [5, 5.41) is 3.22. The Morgan fingerprint density at radius 3 is 2.41 bits per heavy atom. The minimum atomic E-state index is -3.05. The summed E-state index contributed by atoms with van der Waals surface area (Å²) in [6.45, 7) is 9.36. The van der Waals surface area contributed by atoms with Gasteiger partial charge in [0, 0.05) is 56.1 Å². The number of rotatable bonds is 8. The van der Waals surface area contributed by atoms with Crippen LogP contribution in [0.2, 0.25) is 0 Å². The van der Waals surface area contributed by atoms with Gasteiger partial charge in [-0.05, 0) is 19.4 Å². The lowest BCUT2D eigenvalue weighted by molar-refractivity contribution is 0.124. The van der Waals surface area contributed by atoms with Gasteiger partial charge < -0.3 is 10.2 Å². The normalized spacial score (nSPS) is 17.4. The maximum atomic E-state index is 14.3. The Morgan fingerprint density at radius 1 is 1.17 bits per heavy atom. The fraction of sp³-hybridized carbons (Fsp3) is 0.650. The van der Waals surface area contributed by atoms with Gasteiger partial charge in [-0.25, -0.2) is 17.2 Å². The average molecular weight is 431 g/mol. The predicted octanol–water partition coefficient (Wildman–Crippen LogP) is 2.43. The molecule has 1 saturated heterocycles. The topological polar surface area (TPSA) is 65.0 Å². The number of piperazine rings is 1. The average Bonchev–Trinajstić information content (AvgIpc) is 2.70. The first-order valence-corrected chi connectivity index (χ1v) is 12.1. The Morgan fingerprint density at radius 2 is 1.86 bits per heavy atom. The highest BCUT2D eigenvalue weighted by atomic mass is 32.2. The van der Waals surface area contributed by atoms with Crippen LogP contribution in [0.4, 0.5) is 8.78 Å². The number of sulfone groups is 1. The highest BCUT2D eigenvalue weighted by Gasteiger charge is 2.27. The van der Waals surface area contributed by atoms with Crippen molar-refractivity contribution in [3.63, 3.8) is 0 Å². The summed E-state index contributed by atoms with van der Waals surface area (Å²) < 4.78 is 50.9. The predicted molar refractivity (Wildman–Crippen MR) is 113 cm³/mol. The Hall–Kier alpha value is -1.74. The Bertz CT molecular complexity index is 794. The highest BCUT2D eigenvalue weighted by Crippen LogP contribution is 2.28. The van der Waals surface area contributed by atoms with Crippen LogP contribution in [-0.2, 0) is 9.84 Å². The number of halogens is 2. The molecule has 0 saturated carbocycles. The van der Waals surface area contributed by atoms with Crippen molar-refractivity contribution in [2.75, 3.05) is 50.8 Å². The fourth-order valence-corrected chi connectivity index (χ4v) is 4.21. The second-order valence-electron chi connectivity index (χ2n) is 7.08. The molecule has 2 rings (SSSR count). The van der Waals surface area contributed by atoms with E-state index in [9.17, 15) is 17.2 Å². The lowest BCUT2D eigenvalue weighted by Crippen LogP contribution is -2.53. The van der Waals surface area contributed by atoms with E-state index in [1.54, 1.807) is 6.92 Å². The summed E-state index contributed by atoms with van der Waals surface area (Å²) in [5.74, 6) is -0.204. The van der Waals surface area contributed by atoms with Crippen LogP contribution in [0.15, 0.2) is 23.2 Å². The molecule has 9 heteroatoms. The van der Waals surface area contributed by atoms with E-state index in [1.807, 2.05) is 13.8 Å². The second kappa shape index (κ2) is 10.9. The zero-order valence-electron chi connectivity index (χ0n) is 17.5. The molecule has 1 aromatic rings. The third-order valence-electron chi connectivity index (χ3n) is 5.20. The Balaban J connectivity index is 2.02. The largest absolute Gasteiger partial charge is 0.357 e. The summed E-state index contributed by atoms with van der Waals surface area (Å²) in [7, 11) is -3.05. The van der Waals surface area contributed by atoms with Crippen molar-refractivity contribution in [3.05, 3.63) is 35.4 Å². The minimum Gasteiger partial charge on any atom is -0.357 e. The lowest BCUT2D eigenvalue weighted by atomic mass is 10.0. The summed E-state index contributed by atoms with van der Waals surface area (Å²) in [5.41, 5.74) is 0.521. The molecule has 1 heterocycles. The molecular weight excluding hydrogens is 398 g/mol. The number of aliphatic imine (C=N–C) groups is 1. The van der Waals surface area contributed by atoms with Gasteiger partial charge in [-0.1, -0.05) is 19.9 Å². The Labute approximate surface area is 172 Å². The number of nitrogens with zero attached hydrogens (tertiary/aromatic N) is 3. The molecule has 0 aromatic heterocycles. The summed E-state index contributed by atoms with van der Waals surface area (Å²) >= 11 is 0. The van der Waals surface area contributed by atoms with E-state index in [4.69, 9.17) is 0 Å². The lowest BCUT2D eigenvalue weighted by Gasteiger charge is -2.40. The standard InChI is InChI=1S/C20H32F2N4O2S/c1-4-19(17-8-7-16(21)15-18(17)22)25-10-12-26(13-11-25)20(23-5-2)24-9-14-29(27,28)6-3/h7-8,15,19H,4-6,9-14H2,1-3H3,(H,23,24). The molecule has 1 N–H and O–H groups in total. The molecule has 1 aromatic carbocycles. The van der Waals surface area contributed by atoms with Crippen molar-refractivity contribution < 1.29 is 17.2 Å². The van der Waals surface area contributed by atoms with Crippen molar-refractivity contribution in [2.45, 2.75) is 33.2 Å². The fourth-order valence-electron chi connectivity index (χ4n) is 3.55. The van der Waals surface area contributed by atoms with Crippen LogP contribution in [0.1, 0.15) is 38.8 Å². The molecule has 0 amide bonds. The molecule has 164 valence electrons. The van der Waals surface area contributed by atoms with Crippen LogP contribution >= 0.6 is 0 Å². The van der Waals surface area contributed by atoms with Gasteiger partial charge in [-0.2, -0.15) is 0 Å². The van der Waals surface area contributed by atoms with E-state index in [2.05, 4.69) is 20.1 Å². The number of guanidine groups is 1. The van der Waals surface area contributed by atoms with Gasteiger partial charge in [0.15, 0.2) is 15.8 Å². The van der Waals surface area contributed by atoms with Gasteiger partial charge in [0.25, 0.3) is 0 Å². The molecule has 1 unspecified atom stereocenters. The molecule has 0 radical (unpaired) electrons. The molecule has 1 fully saturated rings. The first kappa shape index (κ1) is 23.5. The maximum absolute atomic E-state index is 14.3. The van der Waals surface area contributed by atoms with E-state index in [0.29, 0.717) is 44.2 Å². The van der Waals surface area contributed by atoms with Crippen LogP contribution < -0.4 is 5.32 Å². The van der Waals surface area contributed by atoms with Gasteiger partial charge >= 0.3 is 0 Å². The molecule has 1 atom stereocenters. The number of hydrogen-bond donors (Lipinski definition) is 1. The number of benzene rings is 1. The Kier molecular flexibility index (Phi) is 8.82. The summed E-state index contributed by atoms with van der Waals surface area (Å²) in [6, 6.07) is 3.67. The smallest absolute Gasteiger partial charge is 0.194 e. The molecule has 0 aliphatic carbocycles. The first-order chi connectivity index (χ1) is 13.8. The van der Waals surface area contributed by atoms with Crippen LogP contribution in [0.3, 0.4) is 0 Å². The summed E-state index contributed by atoms with van der Waals surface area (Å²) in [4.78, 5) is 8.78. The third kappa shape index (κ3) is 6.64. The molecule has 1 aliphatic heterocycles. The SMILES string of the molecule is CCNC(=NCCS(=O)(=O)CC)N1CCN(C(CC)c2ccc(F)cc2F)CC1. The van der Waals surface area contributed by atoms with Crippen molar-refractivity contribution >= 4 is 15.8 Å². The molecule has 0 spiro atoms. The van der Waals surface area contributed by atoms with Crippen LogP contribution in [0, 0.1) is 11.6 Å². The second-order valence-corrected chi connectivity index (χ2v) is 9.56. The van der Waals surface area contributed by atoms with Crippen LogP contribution in [0.25, 0.3) is 0 Å². The van der Waals surface area contributed by atoms with E-state index < -0.39 is 21.5 Å². The van der Waals surface area contributed by atoms with E-state index in [-0.39, 0.29) is 24.1 Å². The molecule has 6 nitrogen and oxygen atoms in total. The van der Waals surface area contributed by atoms with E-state index in [1.165, 1.54) is 12.1 Å². The van der Waals surface area contributed by atoms with Gasteiger partial charge in [-0.3, -0.25) is 9.89 Å². The van der Waals surface area contributed by atoms with Gasteiger partial charge in [-0.15, -0.1) is 0 Å². The quantitative estimate of drug-likeness (QED) is 0.507. The molecule has 1 aliphatic rings. The minimum absolute atomic E-state index is 0.0418. The zero-order chi connectivity index (χ0) is 21.4. The van der Waals surface area contributed by atoms with Crippen molar-refractivity contribution in [3.8, 4) is 0 Å². The maximum Gasteiger partial charge on any atom is 0.194 e. The van der Waals surface area contributed by atoms with Crippen molar-refractivity contribution in [1.82, 2.24) is 15.1 Å². The first-order valence-electron chi connectivity index (χ1n) is 10.2. The van der Waals surface area contributed by atoms with Crippen molar-refractivity contribution in [2.24, 2.45) is 4.99 Å². The molecular formula is C20H32F2N4O2S.